The molecule has 6 heteroatoms. The van der Waals surface area contributed by atoms with Gasteiger partial charge in [0.25, 0.3) is 5.91 Å². The summed E-state index contributed by atoms with van der Waals surface area (Å²) in [5, 5.41) is 3.44. The number of hydrogen-bond donors (Lipinski definition) is 2. The number of nitrogen functional groups attached to an aromatic ring is 1. The molecule has 2 aromatic carbocycles. The minimum absolute atomic E-state index is 0.218. The van der Waals surface area contributed by atoms with Crippen LogP contribution in [-0.2, 0) is 0 Å². The molecule has 0 aromatic heterocycles. The summed E-state index contributed by atoms with van der Waals surface area (Å²) >= 11 is 12.0. The summed E-state index contributed by atoms with van der Waals surface area (Å²) in [6, 6.07) is 9.89. The van der Waals surface area contributed by atoms with E-state index in [9.17, 15) is 4.79 Å². The first-order valence-corrected chi connectivity index (χ1v) is 7.06. The van der Waals surface area contributed by atoms with Gasteiger partial charge in [-0.05, 0) is 37.3 Å². The van der Waals surface area contributed by atoms with E-state index in [2.05, 4.69) is 5.32 Å². The second-order valence-corrected chi connectivity index (χ2v) is 5.05. The van der Waals surface area contributed by atoms with E-state index in [1.165, 1.54) is 0 Å². The minimum atomic E-state index is -0.379. The lowest BCUT2D eigenvalue weighted by Gasteiger charge is -2.13. The van der Waals surface area contributed by atoms with E-state index >= 15 is 0 Å². The molecular formula is C15H14Cl2N2O2. The molecule has 0 unspecified atom stereocenters. The number of anilines is 2. The lowest BCUT2D eigenvalue weighted by atomic mass is 10.2. The summed E-state index contributed by atoms with van der Waals surface area (Å²) in [5.41, 5.74) is 6.81. The van der Waals surface area contributed by atoms with E-state index in [-0.39, 0.29) is 10.9 Å². The standard InChI is InChI=1S/C15H14Cl2N2O2/c1-2-21-13-7-6-9(16)8-12(13)19-15(20)10-4-3-5-11(18)14(10)17/h3-8H,2,18H2,1H3,(H,19,20). The Labute approximate surface area is 132 Å². The third kappa shape index (κ3) is 3.60. The molecule has 2 rings (SSSR count). The number of benzene rings is 2. The molecule has 0 atom stereocenters. The van der Waals surface area contributed by atoms with Crippen LogP contribution in [0.15, 0.2) is 36.4 Å². The van der Waals surface area contributed by atoms with Crippen LogP contribution in [0.5, 0.6) is 5.75 Å². The van der Waals surface area contributed by atoms with Crippen LogP contribution in [0.2, 0.25) is 10.0 Å². The average Bonchev–Trinajstić information content (AvgIpc) is 2.45. The predicted molar refractivity (Wildman–Crippen MR) is 86.4 cm³/mol. The highest BCUT2D eigenvalue weighted by Gasteiger charge is 2.14. The maximum absolute atomic E-state index is 12.3. The molecule has 110 valence electrons. The Morgan fingerprint density at radius 2 is 2.05 bits per heavy atom. The number of carbonyl (C=O) groups excluding carboxylic acids is 1. The normalized spacial score (nSPS) is 10.2. The van der Waals surface area contributed by atoms with Crippen LogP contribution >= 0.6 is 23.2 Å². The number of hydrogen-bond acceptors (Lipinski definition) is 3. The lowest BCUT2D eigenvalue weighted by molar-refractivity contribution is 0.102. The van der Waals surface area contributed by atoms with Gasteiger partial charge in [0, 0.05) is 5.02 Å². The van der Waals surface area contributed by atoms with E-state index in [1.807, 2.05) is 6.92 Å². The van der Waals surface area contributed by atoms with Crippen molar-refractivity contribution in [3.05, 3.63) is 52.0 Å². The molecule has 0 aliphatic carbocycles. The maximum atomic E-state index is 12.3. The molecule has 0 aliphatic rings. The van der Waals surface area contributed by atoms with Gasteiger partial charge in [-0.2, -0.15) is 0 Å². The Kier molecular flexibility index (Phi) is 4.94. The number of amides is 1. The van der Waals surface area contributed by atoms with E-state index in [1.54, 1.807) is 36.4 Å². The molecule has 0 aliphatic heterocycles. The van der Waals surface area contributed by atoms with Gasteiger partial charge in [-0.25, -0.2) is 0 Å². The largest absolute Gasteiger partial charge is 0.492 e. The van der Waals surface area contributed by atoms with E-state index in [4.69, 9.17) is 33.7 Å². The summed E-state index contributed by atoms with van der Waals surface area (Å²) in [7, 11) is 0. The van der Waals surface area contributed by atoms with E-state index in [0.29, 0.717) is 34.3 Å². The van der Waals surface area contributed by atoms with Crippen LogP contribution < -0.4 is 15.8 Å². The quantitative estimate of drug-likeness (QED) is 0.827. The Morgan fingerprint density at radius 3 is 2.76 bits per heavy atom. The zero-order valence-corrected chi connectivity index (χ0v) is 12.8. The summed E-state index contributed by atoms with van der Waals surface area (Å²) in [5.74, 6) is 0.158. The fourth-order valence-electron chi connectivity index (χ4n) is 1.80. The SMILES string of the molecule is CCOc1ccc(Cl)cc1NC(=O)c1cccc(N)c1Cl. The van der Waals surface area contributed by atoms with Crippen molar-refractivity contribution in [3.8, 4) is 5.75 Å². The first-order chi connectivity index (χ1) is 10.0. The maximum Gasteiger partial charge on any atom is 0.257 e. The molecule has 0 spiro atoms. The van der Waals surface area contributed by atoms with E-state index < -0.39 is 0 Å². The van der Waals surface area contributed by atoms with Crippen molar-refractivity contribution >= 4 is 40.5 Å². The minimum Gasteiger partial charge on any atom is -0.492 e. The van der Waals surface area contributed by atoms with E-state index in [0.717, 1.165) is 0 Å². The molecule has 0 heterocycles. The summed E-state index contributed by atoms with van der Waals surface area (Å²) < 4.78 is 5.45. The van der Waals surface area contributed by atoms with Crippen LogP contribution in [0.25, 0.3) is 0 Å². The highest BCUT2D eigenvalue weighted by atomic mass is 35.5. The molecule has 0 bridgehead atoms. The van der Waals surface area contributed by atoms with Gasteiger partial charge in [-0.1, -0.05) is 29.3 Å². The summed E-state index contributed by atoms with van der Waals surface area (Å²) in [6.45, 7) is 2.33. The monoisotopic (exact) mass is 324 g/mol. The van der Waals surface area contributed by atoms with Gasteiger partial charge in [0.05, 0.1) is 28.6 Å². The predicted octanol–water partition coefficient (Wildman–Crippen LogP) is 4.23. The number of nitrogens with two attached hydrogens (primary N) is 1. The van der Waals surface area contributed by atoms with Gasteiger partial charge in [0.2, 0.25) is 0 Å². The van der Waals surface area contributed by atoms with Gasteiger partial charge in [0.15, 0.2) is 0 Å². The lowest BCUT2D eigenvalue weighted by Crippen LogP contribution is -2.14. The molecular weight excluding hydrogens is 311 g/mol. The topological polar surface area (TPSA) is 64.3 Å². The molecule has 21 heavy (non-hydrogen) atoms. The molecule has 0 radical (unpaired) electrons. The van der Waals surface area contributed by atoms with Crippen molar-refractivity contribution in [2.24, 2.45) is 0 Å². The molecule has 0 saturated carbocycles. The van der Waals surface area contributed by atoms with Crippen LogP contribution in [0.3, 0.4) is 0 Å². The number of carbonyl (C=O) groups is 1. The van der Waals surface area contributed by atoms with Crippen LogP contribution in [0.1, 0.15) is 17.3 Å². The fourth-order valence-corrected chi connectivity index (χ4v) is 2.18. The van der Waals surface area contributed by atoms with Gasteiger partial charge in [-0.3, -0.25) is 4.79 Å². The second kappa shape index (κ2) is 6.70. The Hall–Kier alpha value is -1.91. The third-order valence-electron chi connectivity index (χ3n) is 2.76. The highest BCUT2D eigenvalue weighted by molar-refractivity contribution is 6.37. The van der Waals surface area contributed by atoms with Gasteiger partial charge >= 0.3 is 0 Å². The van der Waals surface area contributed by atoms with Crippen molar-refractivity contribution in [1.82, 2.24) is 0 Å². The number of rotatable bonds is 4. The zero-order valence-electron chi connectivity index (χ0n) is 11.3. The van der Waals surface area contributed by atoms with Crippen LogP contribution in [0.4, 0.5) is 11.4 Å². The first kappa shape index (κ1) is 15.5. The highest BCUT2D eigenvalue weighted by Crippen LogP contribution is 2.30. The molecule has 2 aromatic rings. The third-order valence-corrected chi connectivity index (χ3v) is 3.42. The molecule has 1 amide bonds. The van der Waals surface area contributed by atoms with Gasteiger partial charge < -0.3 is 15.8 Å². The average molecular weight is 325 g/mol. The second-order valence-electron chi connectivity index (χ2n) is 4.24. The smallest absolute Gasteiger partial charge is 0.257 e. The molecule has 3 N–H and O–H groups in total. The van der Waals surface area contributed by atoms with Gasteiger partial charge in [-0.15, -0.1) is 0 Å². The zero-order chi connectivity index (χ0) is 15.4. The number of halogens is 2. The fraction of sp³-hybridized carbons (Fsp3) is 0.133. The van der Waals surface area contributed by atoms with Crippen molar-refractivity contribution < 1.29 is 9.53 Å². The molecule has 0 saturated heterocycles. The summed E-state index contributed by atoms with van der Waals surface area (Å²) in [6.07, 6.45) is 0. The van der Waals surface area contributed by atoms with Crippen molar-refractivity contribution in [1.29, 1.82) is 0 Å². The van der Waals surface area contributed by atoms with Crippen LogP contribution in [0, 0.1) is 0 Å². The molecule has 0 fully saturated rings. The van der Waals surface area contributed by atoms with Crippen molar-refractivity contribution in [3.63, 3.8) is 0 Å². The Morgan fingerprint density at radius 1 is 1.29 bits per heavy atom. The first-order valence-electron chi connectivity index (χ1n) is 6.30. The van der Waals surface area contributed by atoms with Crippen molar-refractivity contribution in [2.75, 3.05) is 17.7 Å². The van der Waals surface area contributed by atoms with Crippen LogP contribution in [-0.4, -0.2) is 12.5 Å². The Balaban J connectivity index is 2.31. The summed E-state index contributed by atoms with van der Waals surface area (Å²) in [4.78, 5) is 12.3. The van der Waals surface area contributed by atoms with Gasteiger partial charge in [0.1, 0.15) is 5.75 Å². The number of nitrogens with one attached hydrogen (secondary N) is 1. The van der Waals surface area contributed by atoms with Crippen molar-refractivity contribution in [2.45, 2.75) is 6.92 Å². The Bertz CT molecular complexity index is 675. The molecule has 4 nitrogen and oxygen atoms in total. The number of ether oxygens (including phenoxy) is 1.